The third-order valence-corrected chi connectivity index (χ3v) is 4.10. The molecule has 0 fully saturated rings. The Balaban J connectivity index is 2.19. The Morgan fingerprint density at radius 3 is 2.40 bits per heavy atom. The van der Waals surface area contributed by atoms with Gasteiger partial charge in [-0.1, -0.05) is 32.9 Å². The van der Waals surface area contributed by atoms with E-state index in [2.05, 4.69) is 31.4 Å². The lowest BCUT2D eigenvalue weighted by molar-refractivity contribution is 0.414. The van der Waals surface area contributed by atoms with Crippen molar-refractivity contribution < 1.29 is 4.74 Å². The molecule has 112 valence electrons. The van der Waals surface area contributed by atoms with Gasteiger partial charge in [0.1, 0.15) is 5.75 Å². The van der Waals surface area contributed by atoms with Crippen LogP contribution in [-0.4, -0.2) is 29.3 Å². The van der Waals surface area contributed by atoms with Crippen molar-refractivity contribution in [1.82, 2.24) is 10.6 Å². The third kappa shape index (κ3) is 7.60. The normalized spacial score (nSPS) is 11.0. The first-order chi connectivity index (χ1) is 9.40. The number of hydrogen-bond acceptors (Lipinski definition) is 3. The van der Waals surface area contributed by atoms with Gasteiger partial charge in [0, 0.05) is 23.6 Å². The summed E-state index contributed by atoms with van der Waals surface area (Å²) in [5.74, 6) is 1.92. The molecule has 1 aromatic rings. The molecule has 1 rings (SSSR count). The SMILES string of the molecule is COc1ccc(CNC(=S)NCCSC(C)(C)C)cc1. The predicted molar refractivity (Wildman–Crippen MR) is 92.6 cm³/mol. The zero-order chi connectivity index (χ0) is 15.0. The van der Waals surface area contributed by atoms with Crippen LogP contribution in [0.1, 0.15) is 26.3 Å². The van der Waals surface area contributed by atoms with Gasteiger partial charge in [-0.05, 0) is 29.9 Å². The van der Waals surface area contributed by atoms with Gasteiger partial charge >= 0.3 is 0 Å². The summed E-state index contributed by atoms with van der Waals surface area (Å²) in [6.07, 6.45) is 0. The van der Waals surface area contributed by atoms with Crippen molar-refractivity contribution in [2.45, 2.75) is 32.1 Å². The Hall–Kier alpha value is -0.940. The Morgan fingerprint density at radius 1 is 1.20 bits per heavy atom. The summed E-state index contributed by atoms with van der Waals surface area (Å²) >= 11 is 7.18. The van der Waals surface area contributed by atoms with E-state index in [0.717, 1.165) is 24.6 Å². The van der Waals surface area contributed by atoms with E-state index in [1.807, 2.05) is 36.0 Å². The van der Waals surface area contributed by atoms with Crippen LogP contribution in [0.4, 0.5) is 0 Å². The molecule has 0 saturated carbocycles. The van der Waals surface area contributed by atoms with E-state index in [1.54, 1.807) is 7.11 Å². The molecule has 20 heavy (non-hydrogen) atoms. The first-order valence-electron chi connectivity index (χ1n) is 6.69. The van der Waals surface area contributed by atoms with Crippen LogP contribution < -0.4 is 15.4 Å². The van der Waals surface area contributed by atoms with Gasteiger partial charge < -0.3 is 15.4 Å². The number of nitrogens with one attached hydrogen (secondary N) is 2. The molecule has 0 aromatic heterocycles. The minimum Gasteiger partial charge on any atom is -0.497 e. The smallest absolute Gasteiger partial charge is 0.166 e. The van der Waals surface area contributed by atoms with Crippen molar-refractivity contribution in [1.29, 1.82) is 0 Å². The molecule has 1 aromatic carbocycles. The number of thioether (sulfide) groups is 1. The average molecular weight is 313 g/mol. The van der Waals surface area contributed by atoms with Gasteiger partial charge in [0.25, 0.3) is 0 Å². The van der Waals surface area contributed by atoms with Crippen molar-refractivity contribution in [3.8, 4) is 5.75 Å². The number of methoxy groups -OCH3 is 1. The van der Waals surface area contributed by atoms with Crippen molar-refractivity contribution in [3.05, 3.63) is 29.8 Å². The fourth-order valence-corrected chi connectivity index (χ4v) is 2.50. The fourth-order valence-electron chi connectivity index (χ4n) is 1.51. The molecule has 5 heteroatoms. The maximum Gasteiger partial charge on any atom is 0.166 e. The molecule has 0 aliphatic rings. The van der Waals surface area contributed by atoms with E-state index in [4.69, 9.17) is 17.0 Å². The molecule has 0 atom stereocenters. The summed E-state index contributed by atoms with van der Waals surface area (Å²) in [6.45, 7) is 8.27. The lowest BCUT2D eigenvalue weighted by atomic mass is 10.2. The predicted octanol–water partition coefficient (Wildman–Crippen LogP) is 3.19. The molecule has 0 radical (unpaired) electrons. The topological polar surface area (TPSA) is 33.3 Å². The van der Waals surface area contributed by atoms with E-state index in [9.17, 15) is 0 Å². The molecule has 0 aliphatic carbocycles. The van der Waals surface area contributed by atoms with Crippen molar-refractivity contribution >= 4 is 29.1 Å². The molecule has 0 unspecified atom stereocenters. The molecule has 0 spiro atoms. The Kier molecular flexibility index (Phi) is 7.16. The van der Waals surface area contributed by atoms with Crippen molar-refractivity contribution in [3.63, 3.8) is 0 Å². The molecule has 0 bridgehead atoms. The number of hydrogen-bond donors (Lipinski definition) is 2. The second-order valence-electron chi connectivity index (χ2n) is 5.42. The average Bonchev–Trinajstić information content (AvgIpc) is 2.41. The zero-order valence-corrected chi connectivity index (χ0v) is 14.3. The largest absolute Gasteiger partial charge is 0.497 e. The van der Waals surface area contributed by atoms with Crippen LogP contribution in [-0.2, 0) is 6.54 Å². The highest BCUT2D eigenvalue weighted by molar-refractivity contribution is 8.00. The van der Waals surface area contributed by atoms with Gasteiger partial charge in [-0.2, -0.15) is 11.8 Å². The highest BCUT2D eigenvalue weighted by Crippen LogP contribution is 2.21. The quantitative estimate of drug-likeness (QED) is 0.623. The molecule has 0 aliphatic heterocycles. The van der Waals surface area contributed by atoms with E-state index in [1.165, 1.54) is 5.56 Å². The van der Waals surface area contributed by atoms with Crippen LogP contribution >= 0.6 is 24.0 Å². The molecular formula is C15H24N2OS2. The number of ether oxygens (including phenoxy) is 1. The van der Waals surface area contributed by atoms with E-state index in [-0.39, 0.29) is 0 Å². The summed E-state index contributed by atoms with van der Waals surface area (Å²) in [5.41, 5.74) is 1.18. The first kappa shape index (κ1) is 17.1. The summed E-state index contributed by atoms with van der Waals surface area (Å²) in [6, 6.07) is 7.97. The minimum atomic E-state index is 0.305. The number of benzene rings is 1. The third-order valence-electron chi connectivity index (χ3n) is 2.53. The summed E-state index contributed by atoms with van der Waals surface area (Å²) in [5, 5.41) is 7.13. The van der Waals surface area contributed by atoms with Crippen LogP contribution in [0.15, 0.2) is 24.3 Å². The van der Waals surface area contributed by atoms with Gasteiger partial charge in [0.05, 0.1) is 7.11 Å². The molecular weight excluding hydrogens is 288 g/mol. The Bertz CT molecular complexity index is 413. The van der Waals surface area contributed by atoms with Gasteiger partial charge in [-0.25, -0.2) is 0 Å². The van der Waals surface area contributed by atoms with Gasteiger partial charge in [-0.15, -0.1) is 0 Å². The minimum absolute atomic E-state index is 0.305. The summed E-state index contributed by atoms with van der Waals surface area (Å²) in [4.78, 5) is 0. The van der Waals surface area contributed by atoms with E-state index in [0.29, 0.717) is 9.86 Å². The van der Waals surface area contributed by atoms with Gasteiger partial charge in [0.15, 0.2) is 5.11 Å². The number of rotatable bonds is 6. The number of thiocarbonyl (C=S) groups is 1. The second-order valence-corrected chi connectivity index (χ2v) is 7.75. The van der Waals surface area contributed by atoms with Gasteiger partial charge in [-0.3, -0.25) is 0 Å². The Morgan fingerprint density at radius 2 is 1.85 bits per heavy atom. The van der Waals surface area contributed by atoms with Gasteiger partial charge in [0.2, 0.25) is 0 Å². The van der Waals surface area contributed by atoms with Crippen LogP contribution in [0.2, 0.25) is 0 Å². The highest BCUT2D eigenvalue weighted by Gasteiger charge is 2.09. The maximum absolute atomic E-state index is 5.25. The standard InChI is InChI=1S/C15H24N2OS2/c1-15(2,3)20-10-9-16-14(19)17-11-12-5-7-13(18-4)8-6-12/h5-8H,9-11H2,1-4H3,(H2,16,17,19). The van der Waals surface area contributed by atoms with E-state index < -0.39 is 0 Å². The second kappa shape index (κ2) is 8.37. The molecule has 3 nitrogen and oxygen atoms in total. The lowest BCUT2D eigenvalue weighted by Gasteiger charge is -2.18. The lowest BCUT2D eigenvalue weighted by Crippen LogP contribution is -2.36. The molecule has 0 amide bonds. The zero-order valence-electron chi connectivity index (χ0n) is 12.7. The Labute approximate surface area is 131 Å². The van der Waals surface area contributed by atoms with Crippen molar-refractivity contribution in [2.75, 3.05) is 19.4 Å². The molecule has 0 heterocycles. The highest BCUT2D eigenvalue weighted by atomic mass is 32.2. The molecule has 0 saturated heterocycles. The summed E-state index contributed by atoms with van der Waals surface area (Å²) in [7, 11) is 1.67. The van der Waals surface area contributed by atoms with Crippen LogP contribution in [0.3, 0.4) is 0 Å². The van der Waals surface area contributed by atoms with Crippen LogP contribution in [0.25, 0.3) is 0 Å². The van der Waals surface area contributed by atoms with Crippen molar-refractivity contribution in [2.24, 2.45) is 0 Å². The van der Waals surface area contributed by atoms with E-state index >= 15 is 0 Å². The maximum atomic E-state index is 5.25. The molecule has 2 N–H and O–H groups in total. The monoisotopic (exact) mass is 312 g/mol. The fraction of sp³-hybridized carbons (Fsp3) is 0.533. The van der Waals surface area contributed by atoms with Crippen LogP contribution in [0, 0.1) is 0 Å². The summed E-state index contributed by atoms with van der Waals surface area (Å²) < 4.78 is 5.43. The van der Waals surface area contributed by atoms with Crippen LogP contribution in [0.5, 0.6) is 5.75 Å². The first-order valence-corrected chi connectivity index (χ1v) is 8.09.